The molecular formula is C22H26N2O4S3. The molecule has 0 fully saturated rings. The molecule has 0 bridgehead atoms. The van der Waals surface area contributed by atoms with E-state index in [-0.39, 0.29) is 10.8 Å². The second kappa shape index (κ2) is 11.1. The molecule has 0 saturated heterocycles. The zero-order valence-corrected chi connectivity index (χ0v) is 20.1. The van der Waals surface area contributed by atoms with Gasteiger partial charge in [-0.2, -0.15) is 16.8 Å². The van der Waals surface area contributed by atoms with Crippen molar-refractivity contribution in [3.8, 4) is 0 Å². The minimum Gasteiger partial charge on any atom is -0.383 e. The fourth-order valence-electron chi connectivity index (χ4n) is 3.02. The minimum atomic E-state index is -3.30. The SMILES string of the molecule is COCCn1c(=NC(=O)CCCSCc2ccccc2)sc2cc(S(C)(=O)=O)ccc21. The predicted molar refractivity (Wildman–Crippen MR) is 127 cm³/mol. The molecule has 2 aromatic carbocycles. The molecule has 31 heavy (non-hydrogen) atoms. The van der Waals surface area contributed by atoms with E-state index in [9.17, 15) is 13.2 Å². The Morgan fingerprint density at radius 2 is 1.97 bits per heavy atom. The first-order valence-electron chi connectivity index (χ1n) is 9.90. The maximum atomic E-state index is 12.5. The average molecular weight is 479 g/mol. The number of nitrogens with zero attached hydrogens (tertiary/aromatic N) is 2. The summed E-state index contributed by atoms with van der Waals surface area (Å²) in [5.74, 6) is 1.66. The summed E-state index contributed by atoms with van der Waals surface area (Å²) in [5.41, 5.74) is 2.13. The van der Waals surface area contributed by atoms with E-state index in [1.54, 1.807) is 37.1 Å². The highest BCUT2D eigenvalue weighted by Crippen LogP contribution is 2.22. The summed E-state index contributed by atoms with van der Waals surface area (Å²) in [6.45, 7) is 1.00. The van der Waals surface area contributed by atoms with E-state index in [0.29, 0.717) is 24.4 Å². The number of thiazole rings is 1. The number of carbonyl (C=O) groups excluding carboxylic acids is 1. The van der Waals surface area contributed by atoms with Crippen LogP contribution in [0.15, 0.2) is 58.4 Å². The largest absolute Gasteiger partial charge is 0.383 e. The smallest absolute Gasteiger partial charge is 0.248 e. The monoisotopic (exact) mass is 478 g/mol. The van der Waals surface area contributed by atoms with Crippen LogP contribution in [0.2, 0.25) is 0 Å². The number of rotatable bonds is 10. The molecule has 0 aliphatic heterocycles. The number of benzene rings is 2. The van der Waals surface area contributed by atoms with Gasteiger partial charge in [-0.25, -0.2) is 8.42 Å². The van der Waals surface area contributed by atoms with Crippen LogP contribution in [0.5, 0.6) is 0 Å². The van der Waals surface area contributed by atoms with Crippen molar-refractivity contribution >= 4 is 49.1 Å². The predicted octanol–water partition coefficient (Wildman–Crippen LogP) is 3.89. The lowest BCUT2D eigenvalue weighted by molar-refractivity contribution is -0.118. The Bertz CT molecular complexity index is 1200. The molecule has 0 saturated carbocycles. The molecule has 0 aliphatic rings. The molecule has 6 nitrogen and oxygen atoms in total. The van der Waals surface area contributed by atoms with Crippen LogP contribution in [0.3, 0.4) is 0 Å². The second-order valence-corrected chi connectivity index (χ2v) is 11.2. The molecule has 0 spiro atoms. The quantitative estimate of drug-likeness (QED) is 0.413. The summed E-state index contributed by atoms with van der Waals surface area (Å²) in [7, 11) is -1.69. The van der Waals surface area contributed by atoms with E-state index >= 15 is 0 Å². The van der Waals surface area contributed by atoms with E-state index in [4.69, 9.17) is 4.74 Å². The van der Waals surface area contributed by atoms with Crippen molar-refractivity contribution in [2.75, 3.05) is 25.7 Å². The van der Waals surface area contributed by atoms with E-state index in [2.05, 4.69) is 17.1 Å². The first-order chi connectivity index (χ1) is 14.9. The van der Waals surface area contributed by atoms with E-state index in [1.807, 2.05) is 22.8 Å². The van der Waals surface area contributed by atoms with Gasteiger partial charge in [0.25, 0.3) is 0 Å². The molecule has 0 N–H and O–H groups in total. The van der Waals surface area contributed by atoms with Gasteiger partial charge in [-0.05, 0) is 35.9 Å². The van der Waals surface area contributed by atoms with Gasteiger partial charge in [0.2, 0.25) is 5.91 Å². The van der Waals surface area contributed by atoms with Gasteiger partial charge in [-0.15, -0.1) is 0 Å². The van der Waals surface area contributed by atoms with Crippen LogP contribution in [0.25, 0.3) is 10.2 Å². The molecule has 166 valence electrons. The summed E-state index contributed by atoms with van der Waals surface area (Å²) in [5, 5.41) is 0. The molecule has 1 heterocycles. The van der Waals surface area contributed by atoms with E-state index in [1.165, 1.54) is 23.2 Å². The van der Waals surface area contributed by atoms with Gasteiger partial charge in [0.15, 0.2) is 14.6 Å². The van der Waals surface area contributed by atoms with Crippen molar-refractivity contribution in [2.45, 2.75) is 30.0 Å². The Labute approximate surface area is 190 Å². The number of aromatic nitrogens is 1. The van der Waals surface area contributed by atoms with Crippen molar-refractivity contribution in [1.82, 2.24) is 4.57 Å². The van der Waals surface area contributed by atoms with Gasteiger partial charge < -0.3 is 9.30 Å². The maximum Gasteiger partial charge on any atom is 0.248 e. The third-order valence-electron chi connectivity index (χ3n) is 4.61. The first kappa shape index (κ1) is 23.7. The summed E-state index contributed by atoms with van der Waals surface area (Å²) in [4.78, 5) is 17.6. The van der Waals surface area contributed by atoms with Gasteiger partial charge in [-0.1, -0.05) is 41.7 Å². The van der Waals surface area contributed by atoms with Crippen LogP contribution < -0.4 is 4.80 Å². The van der Waals surface area contributed by atoms with Crippen molar-refractivity contribution in [2.24, 2.45) is 4.99 Å². The molecular weight excluding hydrogens is 452 g/mol. The number of thioether (sulfide) groups is 1. The number of hydrogen-bond acceptors (Lipinski definition) is 6. The van der Waals surface area contributed by atoms with Gasteiger partial charge in [-0.3, -0.25) is 4.79 Å². The highest BCUT2D eigenvalue weighted by Gasteiger charge is 2.13. The van der Waals surface area contributed by atoms with Gasteiger partial charge in [0.1, 0.15) is 0 Å². The van der Waals surface area contributed by atoms with E-state index < -0.39 is 9.84 Å². The molecule has 9 heteroatoms. The van der Waals surface area contributed by atoms with Crippen LogP contribution in [-0.4, -0.2) is 44.6 Å². The maximum absolute atomic E-state index is 12.5. The highest BCUT2D eigenvalue weighted by atomic mass is 32.2. The number of ether oxygens (including phenoxy) is 1. The van der Waals surface area contributed by atoms with Crippen LogP contribution >= 0.6 is 23.1 Å². The Balaban J connectivity index is 1.70. The summed E-state index contributed by atoms with van der Waals surface area (Å²) < 4.78 is 31.6. The zero-order valence-electron chi connectivity index (χ0n) is 17.6. The molecule has 0 atom stereocenters. The highest BCUT2D eigenvalue weighted by molar-refractivity contribution is 7.98. The number of fused-ring (bicyclic) bond motifs is 1. The summed E-state index contributed by atoms with van der Waals surface area (Å²) in [6.07, 6.45) is 2.33. The lowest BCUT2D eigenvalue weighted by Gasteiger charge is -2.05. The van der Waals surface area contributed by atoms with Crippen LogP contribution in [0.4, 0.5) is 0 Å². The van der Waals surface area contributed by atoms with Crippen molar-refractivity contribution in [3.05, 3.63) is 58.9 Å². The number of carbonyl (C=O) groups is 1. The summed E-state index contributed by atoms with van der Waals surface area (Å²) in [6, 6.07) is 15.3. The normalized spacial score (nSPS) is 12.5. The fourth-order valence-corrected chi connectivity index (χ4v) is 5.78. The Morgan fingerprint density at radius 1 is 1.19 bits per heavy atom. The molecule has 0 unspecified atom stereocenters. The molecule has 0 aliphatic carbocycles. The van der Waals surface area contributed by atoms with Gasteiger partial charge in [0.05, 0.1) is 21.7 Å². The fraction of sp³-hybridized carbons (Fsp3) is 0.364. The Hall–Kier alpha value is -1.94. The zero-order chi connectivity index (χ0) is 22.3. The van der Waals surface area contributed by atoms with E-state index in [0.717, 1.165) is 28.1 Å². The Kier molecular flexibility index (Phi) is 8.48. The van der Waals surface area contributed by atoms with Crippen LogP contribution in [0, 0.1) is 0 Å². The van der Waals surface area contributed by atoms with Crippen molar-refractivity contribution in [3.63, 3.8) is 0 Å². The van der Waals surface area contributed by atoms with Crippen LogP contribution in [-0.2, 0) is 31.7 Å². The standard InChI is InChI=1S/C22H26N2O4S3/c1-28-13-12-24-19-11-10-18(31(2,26)27)15-20(19)30-22(24)23-21(25)9-6-14-29-16-17-7-4-3-5-8-17/h3-5,7-8,10-11,15H,6,9,12-14,16H2,1-2H3. The number of amides is 1. The molecule has 1 aromatic heterocycles. The lowest BCUT2D eigenvalue weighted by Crippen LogP contribution is -2.19. The first-order valence-corrected chi connectivity index (χ1v) is 13.8. The number of sulfone groups is 1. The van der Waals surface area contributed by atoms with Gasteiger partial charge >= 0.3 is 0 Å². The van der Waals surface area contributed by atoms with Gasteiger partial charge in [0, 0.05) is 32.1 Å². The molecule has 0 radical (unpaired) electrons. The van der Waals surface area contributed by atoms with Crippen molar-refractivity contribution < 1.29 is 17.9 Å². The Morgan fingerprint density at radius 3 is 2.68 bits per heavy atom. The second-order valence-electron chi connectivity index (χ2n) is 7.08. The third-order valence-corrected chi connectivity index (χ3v) is 7.88. The minimum absolute atomic E-state index is 0.165. The molecule has 3 aromatic rings. The lowest BCUT2D eigenvalue weighted by atomic mass is 10.2. The van der Waals surface area contributed by atoms with Crippen molar-refractivity contribution in [1.29, 1.82) is 0 Å². The third kappa shape index (κ3) is 6.77. The topological polar surface area (TPSA) is 77.7 Å². The summed E-state index contributed by atoms with van der Waals surface area (Å²) >= 11 is 3.13. The van der Waals surface area contributed by atoms with Crippen LogP contribution in [0.1, 0.15) is 18.4 Å². The number of hydrogen-bond donors (Lipinski definition) is 0. The molecule has 3 rings (SSSR count). The molecule has 1 amide bonds. The average Bonchev–Trinajstić information content (AvgIpc) is 3.08. The number of methoxy groups -OCH3 is 1.